The molecule has 0 bridgehead atoms. The Morgan fingerprint density at radius 2 is 0.553 bits per heavy atom. The maximum Gasteiger partial charge on any atom is 0.306 e. The van der Waals surface area contributed by atoms with Crippen LogP contribution < -0.4 is 5.11 Å². The molecule has 0 rings (SSSR count). The summed E-state index contributed by atoms with van der Waals surface area (Å²) in [6, 6.07) is 0. The highest BCUT2D eigenvalue weighted by molar-refractivity contribution is 5.70. The van der Waals surface area contributed by atoms with Crippen molar-refractivity contribution >= 4 is 17.9 Å². The van der Waals surface area contributed by atoms with Crippen LogP contribution in [0.3, 0.4) is 0 Å². The van der Waals surface area contributed by atoms with E-state index in [1.54, 1.807) is 0 Å². The lowest BCUT2D eigenvalue weighted by atomic mass is 10.0. The quantitative estimate of drug-likeness (QED) is 0.0195. The Kier molecular flexibility index (Phi) is 78.0. The van der Waals surface area contributed by atoms with E-state index < -0.39 is 24.3 Å². The third kappa shape index (κ3) is 83.8. The first-order chi connectivity index (χ1) is 50.6. The van der Waals surface area contributed by atoms with Gasteiger partial charge < -0.3 is 33.3 Å². The van der Waals surface area contributed by atoms with Gasteiger partial charge in [0.15, 0.2) is 12.4 Å². The smallest absolute Gasteiger partial charge is 0.306 e. The van der Waals surface area contributed by atoms with Gasteiger partial charge in [-0.05, 0) is 135 Å². The SMILES string of the molecule is CC/C=C\C/C=C\C/C=C\C/C=C\C/C=C\C/C=C\C/C=C\C/C=C\C/C=C\C/C=C\C/C=C\CCCCCCCCCC(=O)OC(COC(=O)CCCCCCCCCCCCCCCCCCCCCCCC/C=C\C/C=C\C/C=C\CCCCCCC)COC(OCC[N+](C)(C)C)C(=O)[O-]. The van der Waals surface area contributed by atoms with E-state index in [-0.39, 0.29) is 38.6 Å². The molecule has 2 unspecified atom stereocenters. The molecule has 0 N–H and O–H groups in total. The fourth-order valence-corrected chi connectivity index (χ4v) is 11.6. The predicted octanol–water partition coefficient (Wildman–Crippen LogP) is 26.4. The number of carboxylic acids is 1. The van der Waals surface area contributed by atoms with Gasteiger partial charge in [-0.25, -0.2) is 0 Å². The number of carbonyl (C=O) groups is 3. The minimum atomic E-state index is -1.63. The van der Waals surface area contributed by atoms with Crippen LogP contribution >= 0.6 is 0 Å². The van der Waals surface area contributed by atoms with Crippen LogP contribution in [0, 0.1) is 0 Å². The van der Waals surface area contributed by atoms with Crippen molar-refractivity contribution in [2.45, 2.75) is 360 Å². The minimum Gasteiger partial charge on any atom is -0.545 e. The molecule has 0 aliphatic rings. The van der Waals surface area contributed by atoms with Crippen LogP contribution in [-0.4, -0.2) is 82.3 Å². The molecule has 0 saturated heterocycles. The molecule has 0 radical (unpaired) electrons. The van der Waals surface area contributed by atoms with Gasteiger partial charge >= 0.3 is 11.9 Å². The molecule has 9 nitrogen and oxygen atoms in total. The van der Waals surface area contributed by atoms with Crippen molar-refractivity contribution in [3.05, 3.63) is 170 Å². The Morgan fingerprint density at radius 3 is 0.825 bits per heavy atom. The number of likely N-dealkylation sites (N-methyl/N-ethyl adjacent to an activating group) is 1. The van der Waals surface area contributed by atoms with E-state index in [2.05, 4.69) is 184 Å². The van der Waals surface area contributed by atoms with Gasteiger partial charge in [0.2, 0.25) is 0 Å². The number of ether oxygens (including phenoxy) is 4. The van der Waals surface area contributed by atoms with Gasteiger partial charge in [0.1, 0.15) is 13.2 Å². The second-order valence-corrected chi connectivity index (χ2v) is 29.0. The fraction of sp³-hybridized carbons (Fsp3) is 0.670. The number of nitrogens with zero attached hydrogens (tertiary/aromatic N) is 1. The number of allylic oxidation sites excluding steroid dienone is 28. The van der Waals surface area contributed by atoms with Crippen molar-refractivity contribution in [3.63, 3.8) is 0 Å². The fourth-order valence-electron chi connectivity index (χ4n) is 11.6. The third-order valence-corrected chi connectivity index (χ3v) is 17.9. The molecule has 9 heteroatoms. The molecular weight excluding hydrogens is 1270 g/mol. The first kappa shape index (κ1) is 97.7. The van der Waals surface area contributed by atoms with Crippen molar-refractivity contribution in [1.29, 1.82) is 0 Å². The summed E-state index contributed by atoms with van der Waals surface area (Å²) >= 11 is 0. The van der Waals surface area contributed by atoms with Crippen molar-refractivity contribution in [2.24, 2.45) is 0 Å². The molecule has 0 spiro atoms. The zero-order valence-electron chi connectivity index (χ0n) is 67.1. The molecule has 0 amide bonds. The predicted molar refractivity (Wildman–Crippen MR) is 444 cm³/mol. The number of rotatable bonds is 77. The first-order valence-electron chi connectivity index (χ1n) is 42.3. The molecule has 0 aromatic rings. The number of hydrogen-bond donors (Lipinski definition) is 0. The van der Waals surface area contributed by atoms with Gasteiger partial charge in [0, 0.05) is 12.8 Å². The molecule has 0 aliphatic heterocycles. The Balaban J connectivity index is 4.08. The lowest BCUT2D eigenvalue weighted by molar-refractivity contribution is -0.870. The molecular formula is C94H157NO8. The number of esters is 2. The number of unbranched alkanes of at least 4 members (excludes halogenated alkanes) is 34. The van der Waals surface area contributed by atoms with E-state index in [9.17, 15) is 19.5 Å². The van der Waals surface area contributed by atoms with Gasteiger partial charge in [-0.3, -0.25) is 9.59 Å². The summed E-state index contributed by atoms with van der Waals surface area (Å²) in [5, 5.41) is 11.9. The van der Waals surface area contributed by atoms with Gasteiger partial charge in [-0.15, -0.1) is 0 Å². The molecule has 586 valence electrons. The lowest BCUT2D eigenvalue weighted by Crippen LogP contribution is -2.44. The number of carbonyl (C=O) groups excluding carboxylic acids is 3. The normalized spacial score (nSPS) is 13.5. The van der Waals surface area contributed by atoms with Crippen molar-refractivity contribution in [3.8, 4) is 0 Å². The highest BCUT2D eigenvalue weighted by Crippen LogP contribution is 2.18. The monoisotopic (exact) mass is 1430 g/mol. The largest absolute Gasteiger partial charge is 0.545 e. The molecule has 0 aromatic carbocycles. The molecule has 2 atom stereocenters. The number of carboxylic acid groups (broad SMARTS) is 1. The summed E-state index contributed by atoms with van der Waals surface area (Å²) < 4.78 is 22.9. The Bertz CT molecular complexity index is 2310. The van der Waals surface area contributed by atoms with Crippen LogP contribution in [0.15, 0.2) is 170 Å². The summed E-state index contributed by atoms with van der Waals surface area (Å²) in [5.74, 6) is -2.30. The molecule has 0 heterocycles. The Hall–Kier alpha value is -5.35. The average molecular weight is 1430 g/mol. The van der Waals surface area contributed by atoms with Gasteiger partial charge in [-0.2, -0.15) is 0 Å². The Morgan fingerprint density at radius 1 is 0.301 bits per heavy atom. The summed E-state index contributed by atoms with van der Waals surface area (Å²) in [6.45, 7) is 4.63. The summed E-state index contributed by atoms with van der Waals surface area (Å²) in [4.78, 5) is 37.7. The van der Waals surface area contributed by atoms with Crippen LogP contribution in [0.5, 0.6) is 0 Å². The third-order valence-electron chi connectivity index (χ3n) is 17.9. The average Bonchev–Trinajstić information content (AvgIpc) is 1.01. The van der Waals surface area contributed by atoms with E-state index in [0.29, 0.717) is 17.4 Å². The van der Waals surface area contributed by atoms with Crippen LogP contribution in [0.4, 0.5) is 0 Å². The van der Waals surface area contributed by atoms with Gasteiger partial charge in [-0.1, -0.05) is 370 Å². The number of aliphatic carboxylic acids is 1. The van der Waals surface area contributed by atoms with Crippen LogP contribution in [0.25, 0.3) is 0 Å². The van der Waals surface area contributed by atoms with Crippen molar-refractivity contribution in [2.75, 3.05) is 47.5 Å². The second-order valence-electron chi connectivity index (χ2n) is 29.0. The zero-order valence-corrected chi connectivity index (χ0v) is 67.1. The minimum absolute atomic E-state index is 0.139. The summed E-state index contributed by atoms with van der Waals surface area (Å²) in [7, 11) is 5.93. The molecule has 0 saturated carbocycles. The van der Waals surface area contributed by atoms with Gasteiger partial charge in [0.05, 0.1) is 40.3 Å². The molecule has 103 heavy (non-hydrogen) atoms. The van der Waals surface area contributed by atoms with Gasteiger partial charge in [0.25, 0.3) is 0 Å². The maximum atomic E-state index is 13.0. The number of quaternary nitrogens is 1. The topological polar surface area (TPSA) is 111 Å². The van der Waals surface area contributed by atoms with Crippen molar-refractivity contribution in [1.82, 2.24) is 0 Å². The van der Waals surface area contributed by atoms with E-state index >= 15 is 0 Å². The highest BCUT2D eigenvalue weighted by atomic mass is 16.7. The van der Waals surface area contributed by atoms with Crippen LogP contribution in [0.2, 0.25) is 0 Å². The Labute approximate surface area is 635 Å². The van der Waals surface area contributed by atoms with E-state index in [1.165, 1.54) is 186 Å². The van der Waals surface area contributed by atoms with Crippen LogP contribution in [0.1, 0.15) is 348 Å². The molecule has 0 aromatic heterocycles. The maximum absolute atomic E-state index is 13.0. The van der Waals surface area contributed by atoms with Crippen molar-refractivity contribution < 1.29 is 42.9 Å². The lowest BCUT2D eigenvalue weighted by Gasteiger charge is -2.26. The van der Waals surface area contributed by atoms with E-state index in [4.69, 9.17) is 18.9 Å². The van der Waals surface area contributed by atoms with E-state index in [1.807, 2.05) is 21.1 Å². The molecule has 0 fully saturated rings. The second kappa shape index (κ2) is 82.3. The summed E-state index contributed by atoms with van der Waals surface area (Å²) in [6.07, 6.45) is 121. The zero-order chi connectivity index (χ0) is 74.6. The first-order valence-corrected chi connectivity index (χ1v) is 42.3. The molecule has 0 aliphatic carbocycles. The summed E-state index contributed by atoms with van der Waals surface area (Å²) in [5.41, 5.74) is 0. The standard InChI is InChI=1S/C94H157NO8/c1-6-8-10-12-14-16-18-20-22-24-26-28-30-32-34-36-38-40-42-44-45-46-47-49-51-53-55-57-59-61-63-65-67-69-71-73-75-77-79-81-83-85-92(97)103-90(89-102-94(93(98)99)100-87-86-95(3,4)5)88-101-91(96)84-82-80-78-76-74-72-70-68-66-64-62-60-58-56-54-52-50-48-43-41-39-37-35-33-31-29-27-25-23-21-19-17-15-13-11-9-7-2/h8,10,14,16,19-22,25-28,31-34,38,40,44-45,47,49,53,55,59,61,65,67,90,94H,6-7,9,11-13,15,17-18,23-24,29-30,35-37,39,41-43,46,48,50-52,54,56-58,60,62-64,66,68-89H2,1-5H3/b10-8-,16-14-,21-19-,22-20-,27-25-,28-26-,33-31-,34-32-,40-38-,45-44-,49-47-,55-53-,61-59-,67-65-. The van der Waals surface area contributed by atoms with E-state index in [0.717, 1.165) is 128 Å². The highest BCUT2D eigenvalue weighted by Gasteiger charge is 2.22. The number of hydrogen-bond acceptors (Lipinski definition) is 8. The van der Waals surface area contributed by atoms with Crippen LogP contribution in [-0.2, 0) is 33.3 Å².